The Kier molecular flexibility index (Phi) is 7.21. The highest BCUT2D eigenvalue weighted by Crippen LogP contribution is 2.29. The topological polar surface area (TPSA) is 32.3 Å². The molecule has 2 aromatic rings. The van der Waals surface area contributed by atoms with Crippen molar-refractivity contribution in [2.75, 3.05) is 13.6 Å². The van der Waals surface area contributed by atoms with Crippen molar-refractivity contribution in [1.29, 1.82) is 0 Å². The Morgan fingerprint density at radius 1 is 1.08 bits per heavy atom. The van der Waals surface area contributed by atoms with Crippen molar-refractivity contribution in [3.63, 3.8) is 0 Å². The molecule has 2 rings (SSSR count). The Balaban J connectivity index is 2.03. The number of hydrogen-bond donors (Lipinski definition) is 1. The van der Waals surface area contributed by atoms with Crippen LogP contribution >= 0.6 is 0 Å². The van der Waals surface area contributed by atoms with Gasteiger partial charge in [-0.25, -0.2) is 0 Å². The van der Waals surface area contributed by atoms with E-state index < -0.39 is 11.7 Å². The van der Waals surface area contributed by atoms with Crippen LogP contribution in [0.5, 0.6) is 0 Å². The zero-order valence-electron chi connectivity index (χ0n) is 14.7. The summed E-state index contributed by atoms with van der Waals surface area (Å²) in [5.41, 5.74) is 1.14. The van der Waals surface area contributed by atoms with Crippen molar-refractivity contribution in [1.82, 2.24) is 10.2 Å². The van der Waals surface area contributed by atoms with E-state index in [-0.39, 0.29) is 6.04 Å². The van der Waals surface area contributed by atoms with Gasteiger partial charge in [-0.1, -0.05) is 48.5 Å². The standard InChI is InChI=1S/C20H23F3N2O/c1-25(14-17-8-5-9-18(12-17)20(21,22)23)19(13-24-15-26)11-10-16-6-3-2-4-7-16/h2-9,12,15,19H,10-11,13-14H2,1H3,(H,24,26)/t19-/m0/s1. The van der Waals surface area contributed by atoms with Gasteiger partial charge in [-0.05, 0) is 37.1 Å². The minimum atomic E-state index is -4.35. The van der Waals surface area contributed by atoms with Gasteiger partial charge < -0.3 is 5.32 Å². The molecule has 0 spiro atoms. The second-order valence-electron chi connectivity index (χ2n) is 6.32. The number of aryl methyl sites for hydroxylation is 1. The number of nitrogens with one attached hydrogen (secondary N) is 1. The number of rotatable bonds is 9. The molecule has 1 N–H and O–H groups in total. The highest BCUT2D eigenvalue weighted by molar-refractivity contribution is 5.45. The lowest BCUT2D eigenvalue weighted by molar-refractivity contribution is -0.137. The van der Waals surface area contributed by atoms with E-state index in [1.165, 1.54) is 17.7 Å². The summed E-state index contributed by atoms with van der Waals surface area (Å²) in [5, 5.41) is 2.68. The lowest BCUT2D eigenvalue weighted by Crippen LogP contribution is -2.39. The summed E-state index contributed by atoms with van der Waals surface area (Å²) in [7, 11) is 1.86. The molecule has 2 aromatic carbocycles. The van der Waals surface area contributed by atoms with Gasteiger partial charge in [0.1, 0.15) is 0 Å². The van der Waals surface area contributed by atoms with Gasteiger partial charge in [0.15, 0.2) is 0 Å². The fourth-order valence-corrected chi connectivity index (χ4v) is 2.90. The van der Waals surface area contributed by atoms with Gasteiger partial charge in [0, 0.05) is 19.1 Å². The van der Waals surface area contributed by atoms with Gasteiger partial charge in [0.25, 0.3) is 0 Å². The van der Waals surface area contributed by atoms with Gasteiger partial charge in [-0.15, -0.1) is 0 Å². The Morgan fingerprint density at radius 3 is 2.42 bits per heavy atom. The highest BCUT2D eigenvalue weighted by Gasteiger charge is 2.30. The minimum Gasteiger partial charge on any atom is -0.357 e. The molecule has 0 saturated heterocycles. The van der Waals surface area contributed by atoms with E-state index in [0.29, 0.717) is 25.1 Å². The molecule has 6 heteroatoms. The lowest BCUT2D eigenvalue weighted by atomic mass is 10.0. The molecule has 0 fully saturated rings. The minimum absolute atomic E-state index is 0.0231. The van der Waals surface area contributed by atoms with Crippen molar-refractivity contribution in [3.05, 3.63) is 71.3 Å². The number of hydrogen-bond acceptors (Lipinski definition) is 2. The third-order valence-electron chi connectivity index (χ3n) is 4.36. The molecular weight excluding hydrogens is 341 g/mol. The predicted octanol–water partition coefficient (Wildman–Crippen LogP) is 3.88. The van der Waals surface area contributed by atoms with Crippen LogP contribution in [-0.4, -0.2) is 30.9 Å². The fourth-order valence-electron chi connectivity index (χ4n) is 2.90. The Morgan fingerprint density at radius 2 is 1.77 bits per heavy atom. The normalized spacial score (nSPS) is 12.8. The van der Waals surface area contributed by atoms with E-state index in [4.69, 9.17) is 0 Å². The fraction of sp³-hybridized carbons (Fsp3) is 0.350. The summed E-state index contributed by atoms with van der Waals surface area (Å²) in [6, 6.07) is 15.4. The molecule has 0 heterocycles. The molecule has 0 bridgehead atoms. The van der Waals surface area contributed by atoms with Gasteiger partial charge in [-0.3, -0.25) is 9.69 Å². The largest absolute Gasteiger partial charge is 0.416 e. The third kappa shape index (κ3) is 6.19. The van der Waals surface area contributed by atoms with E-state index in [0.717, 1.165) is 18.9 Å². The van der Waals surface area contributed by atoms with Crippen molar-refractivity contribution in [2.45, 2.75) is 31.6 Å². The first kappa shape index (κ1) is 20.0. The zero-order valence-corrected chi connectivity index (χ0v) is 14.7. The molecule has 0 unspecified atom stereocenters. The first-order chi connectivity index (χ1) is 12.4. The number of likely N-dealkylation sites (N-methyl/N-ethyl adjacent to an activating group) is 1. The number of nitrogens with zero attached hydrogens (tertiary/aromatic N) is 1. The van der Waals surface area contributed by atoms with Crippen LogP contribution in [0.25, 0.3) is 0 Å². The average Bonchev–Trinajstić information content (AvgIpc) is 2.62. The third-order valence-corrected chi connectivity index (χ3v) is 4.36. The maximum absolute atomic E-state index is 12.9. The Bertz CT molecular complexity index is 689. The number of alkyl halides is 3. The van der Waals surface area contributed by atoms with E-state index in [9.17, 15) is 18.0 Å². The summed E-state index contributed by atoms with van der Waals surface area (Å²) in [6.45, 7) is 0.829. The maximum atomic E-state index is 12.9. The zero-order chi connectivity index (χ0) is 19.0. The van der Waals surface area contributed by atoms with Crippen molar-refractivity contribution >= 4 is 6.41 Å². The van der Waals surface area contributed by atoms with E-state index >= 15 is 0 Å². The molecule has 1 atom stereocenters. The van der Waals surface area contributed by atoms with Crippen LogP contribution in [0, 0.1) is 0 Å². The van der Waals surface area contributed by atoms with Crippen LogP contribution in [0.2, 0.25) is 0 Å². The first-order valence-corrected chi connectivity index (χ1v) is 8.47. The Labute approximate surface area is 151 Å². The number of amides is 1. The number of halogens is 3. The van der Waals surface area contributed by atoms with Gasteiger partial charge in [0.2, 0.25) is 6.41 Å². The van der Waals surface area contributed by atoms with Crippen molar-refractivity contribution < 1.29 is 18.0 Å². The summed E-state index contributed by atoms with van der Waals surface area (Å²) in [5.74, 6) is 0. The summed E-state index contributed by atoms with van der Waals surface area (Å²) < 4.78 is 38.6. The second kappa shape index (κ2) is 9.38. The molecule has 1 amide bonds. The SMILES string of the molecule is CN(Cc1cccc(C(F)(F)F)c1)[C@@H](CCc1ccccc1)CNC=O. The van der Waals surface area contributed by atoms with Crippen LogP contribution < -0.4 is 5.32 Å². The summed E-state index contributed by atoms with van der Waals surface area (Å²) in [4.78, 5) is 12.6. The molecule has 0 aliphatic carbocycles. The quantitative estimate of drug-likeness (QED) is 0.685. The van der Waals surface area contributed by atoms with Crippen LogP contribution in [0.3, 0.4) is 0 Å². The summed E-state index contributed by atoms with van der Waals surface area (Å²) >= 11 is 0. The monoisotopic (exact) mass is 364 g/mol. The number of carbonyl (C=O) groups is 1. The van der Waals surface area contributed by atoms with Crippen LogP contribution in [-0.2, 0) is 23.9 Å². The van der Waals surface area contributed by atoms with Crippen LogP contribution in [0.4, 0.5) is 13.2 Å². The molecule has 0 aromatic heterocycles. The van der Waals surface area contributed by atoms with E-state index in [1.807, 2.05) is 42.3 Å². The maximum Gasteiger partial charge on any atom is 0.416 e. The average molecular weight is 364 g/mol. The Hall–Kier alpha value is -2.34. The molecule has 0 saturated carbocycles. The number of benzene rings is 2. The van der Waals surface area contributed by atoms with Crippen molar-refractivity contribution in [3.8, 4) is 0 Å². The molecule has 0 radical (unpaired) electrons. The van der Waals surface area contributed by atoms with Gasteiger partial charge >= 0.3 is 6.18 Å². The van der Waals surface area contributed by atoms with E-state index in [1.54, 1.807) is 6.07 Å². The molecule has 26 heavy (non-hydrogen) atoms. The predicted molar refractivity (Wildman–Crippen MR) is 95.5 cm³/mol. The first-order valence-electron chi connectivity index (χ1n) is 8.47. The van der Waals surface area contributed by atoms with Gasteiger partial charge in [0.05, 0.1) is 5.56 Å². The van der Waals surface area contributed by atoms with Crippen LogP contribution in [0.15, 0.2) is 54.6 Å². The van der Waals surface area contributed by atoms with Gasteiger partial charge in [-0.2, -0.15) is 13.2 Å². The number of carbonyl (C=O) groups excluding carboxylic acids is 1. The molecular formula is C20H23F3N2O. The summed E-state index contributed by atoms with van der Waals surface area (Å²) in [6.07, 6.45) is -2.08. The molecule has 0 aliphatic heterocycles. The van der Waals surface area contributed by atoms with Crippen LogP contribution in [0.1, 0.15) is 23.1 Å². The second-order valence-corrected chi connectivity index (χ2v) is 6.32. The molecule has 0 aliphatic rings. The highest BCUT2D eigenvalue weighted by atomic mass is 19.4. The van der Waals surface area contributed by atoms with E-state index in [2.05, 4.69) is 5.32 Å². The lowest BCUT2D eigenvalue weighted by Gasteiger charge is -2.28. The van der Waals surface area contributed by atoms with Crippen molar-refractivity contribution in [2.24, 2.45) is 0 Å². The molecule has 140 valence electrons. The molecule has 3 nitrogen and oxygen atoms in total. The smallest absolute Gasteiger partial charge is 0.357 e.